The lowest BCUT2D eigenvalue weighted by Gasteiger charge is -1.99. The maximum Gasteiger partial charge on any atom is 0.142 e. The van der Waals surface area contributed by atoms with Gasteiger partial charge in [0.05, 0.1) is 23.7 Å². The number of para-hydroxylation sites is 1. The number of hydrogen-bond acceptors (Lipinski definition) is 3. The van der Waals surface area contributed by atoms with Crippen molar-refractivity contribution in [3.05, 3.63) is 42.6 Å². The Bertz CT molecular complexity index is 911. The van der Waals surface area contributed by atoms with Gasteiger partial charge in [-0.05, 0) is 24.3 Å². The number of nitrogens with one attached hydrogen (secondary N) is 1. The van der Waals surface area contributed by atoms with Gasteiger partial charge in [0.15, 0.2) is 0 Å². The van der Waals surface area contributed by atoms with Crippen molar-refractivity contribution in [3.8, 4) is 5.75 Å². The summed E-state index contributed by atoms with van der Waals surface area (Å²) in [7, 11) is 1.67. The number of aromatic nitrogens is 3. The first-order valence-electron chi connectivity index (χ1n) is 6.07. The summed E-state index contributed by atoms with van der Waals surface area (Å²) in [5.41, 5.74) is 3.63. The standard InChI is InChI=1S/C15H11N3O/c1-19-13-6-2-4-9-10-8-12-11(5-3-7-16-12)17-15(10)18-14(9)13/h2-8H,1H3,(H,17,18). The summed E-state index contributed by atoms with van der Waals surface area (Å²) in [6.07, 6.45) is 1.78. The van der Waals surface area contributed by atoms with E-state index < -0.39 is 0 Å². The number of methoxy groups -OCH3 is 1. The molecule has 0 unspecified atom stereocenters. The first-order chi connectivity index (χ1) is 9.36. The molecule has 92 valence electrons. The molecule has 1 N–H and O–H groups in total. The van der Waals surface area contributed by atoms with Crippen LogP contribution in [0, 0.1) is 0 Å². The normalized spacial score (nSPS) is 11.4. The monoisotopic (exact) mass is 249 g/mol. The number of nitrogens with zero attached hydrogens (tertiary/aromatic N) is 2. The molecule has 3 aromatic heterocycles. The molecule has 4 heteroatoms. The lowest BCUT2D eigenvalue weighted by atomic mass is 10.1. The molecule has 0 saturated carbocycles. The van der Waals surface area contributed by atoms with Gasteiger partial charge in [-0.1, -0.05) is 12.1 Å². The molecule has 0 atom stereocenters. The number of hydrogen-bond donors (Lipinski definition) is 1. The van der Waals surface area contributed by atoms with Crippen LogP contribution in [0.15, 0.2) is 42.6 Å². The zero-order valence-electron chi connectivity index (χ0n) is 10.3. The third-order valence-electron chi connectivity index (χ3n) is 3.36. The number of benzene rings is 1. The Morgan fingerprint density at radius 3 is 2.89 bits per heavy atom. The predicted octanol–water partition coefficient (Wildman–Crippen LogP) is 3.27. The minimum absolute atomic E-state index is 0.826. The van der Waals surface area contributed by atoms with E-state index in [0.717, 1.165) is 38.7 Å². The fourth-order valence-electron chi connectivity index (χ4n) is 2.47. The zero-order valence-corrected chi connectivity index (χ0v) is 10.3. The van der Waals surface area contributed by atoms with Crippen LogP contribution in [-0.2, 0) is 0 Å². The minimum Gasteiger partial charge on any atom is -0.495 e. The molecule has 0 amide bonds. The molecular formula is C15H11N3O. The number of ether oxygens (including phenoxy) is 1. The lowest BCUT2D eigenvalue weighted by molar-refractivity contribution is 0.419. The van der Waals surface area contributed by atoms with Crippen molar-refractivity contribution in [1.29, 1.82) is 0 Å². The maximum atomic E-state index is 5.38. The van der Waals surface area contributed by atoms with Gasteiger partial charge in [0.25, 0.3) is 0 Å². The Morgan fingerprint density at radius 1 is 1.05 bits per heavy atom. The summed E-state index contributed by atoms with van der Waals surface area (Å²) in [6.45, 7) is 0. The van der Waals surface area contributed by atoms with Crippen LogP contribution < -0.4 is 4.74 Å². The number of pyridine rings is 2. The second-order valence-electron chi connectivity index (χ2n) is 4.43. The van der Waals surface area contributed by atoms with Crippen molar-refractivity contribution in [3.63, 3.8) is 0 Å². The molecule has 4 rings (SSSR count). The van der Waals surface area contributed by atoms with Crippen LogP contribution in [0.4, 0.5) is 0 Å². The van der Waals surface area contributed by atoms with Crippen molar-refractivity contribution in [1.82, 2.24) is 15.0 Å². The topological polar surface area (TPSA) is 50.8 Å². The molecule has 4 aromatic rings. The van der Waals surface area contributed by atoms with Crippen LogP contribution in [0.5, 0.6) is 5.75 Å². The van der Waals surface area contributed by atoms with Gasteiger partial charge in [-0.3, -0.25) is 4.98 Å². The maximum absolute atomic E-state index is 5.38. The Balaban J connectivity index is 2.22. The Labute approximate surface area is 109 Å². The highest BCUT2D eigenvalue weighted by Gasteiger charge is 2.10. The average molecular weight is 249 g/mol. The average Bonchev–Trinajstić information content (AvgIpc) is 2.82. The predicted molar refractivity (Wildman–Crippen MR) is 75.5 cm³/mol. The van der Waals surface area contributed by atoms with Crippen LogP contribution in [0.25, 0.3) is 33.0 Å². The molecule has 0 aliphatic carbocycles. The summed E-state index contributed by atoms with van der Waals surface area (Å²) >= 11 is 0. The zero-order chi connectivity index (χ0) is 12.8. The van der Waals surface area contributed by atoms with Gasteiger partial charge < -0.3 is 9.72 Å². The van der Waals surface area contributed by atoms with E-state index in [2.05, 4.69) is 27.1 Å². The van der Waals surface area contributed by atoms with E-state index in [4.69, 9.17) is 4.74 Å². The second kappa shape index (κ2) is 3.68. The van der Waals surface area contributed by atoms with Crippen LogP contribution in [0.3, 0.4) is 0 Å². The SMILES string of the molecule is COc1cccc2c1[nH]c1nc3cccnc3cc12. The molecule has 0 bridgehead atoms. The van der Waals surface area contributed by atoms with Crippen LogP contribution in [0.2, 0.25) is 0 Å². The van der Waals surface area contributed by atoms with E-state index >= 15 is 0 Å². The highest BCUT2D eigenvalue weighted by molar-refractivity contribution is 6.10. The summed E-state index contributed by atoms with van der Waals surface area (Å²) < 4.78 is 5.38. The first-order valence-corrected chi connectivity index (χ1v) is 6.07. The van der Waals surface area contributed by atoms with Gasteiger partial charge in [0, 0.05) is 17.0 Å². The minimum atomic E-state index is 0.826. The molecular weight excluding hydrogens is 238 g/mol. The molecule has 4 nitrogen and oxygen atoms in total. The number of H-pyrrole nitrogens is 1. The van der Waals surface area contributed by atoms with Crippen molar-refractivity contribution in [2.24, 2.45) is 0 Å². The van der Waals surface area contributed by atoms with E-state index in [-0.39, 0.29) is 0 Å². The van der Waals surface area contributed by atoms with Gasteiger partial charge in [0.1, 0.15) is 11.4 Å². The third kappa shape index (κ3) is 1.40. The molecule has 0 fully saturated rings. The van der Waals surface area contributed by atoms with Gasteiger partial charge in [-0.2, -0.15) is 0 Å². The Kier molecular flexibility index (Phi) is 2.00. The van der Waals surface area contributed by atoms with E-state index in [1.165, 1.54) is 0 Å². The molecule has 19 heavy (non-hydrogen) atoms. The van der Waals surface area contributed by atoms with E-state index in [9.17, 15) is 0 Å². The molecule has 0 saturated heterocycles. The first kappa shape index (κ1) is 10.3. The highest BCUT2D eigenvalue weighted by atomic mass is 16.5. The van der Waals surface area contributed by atoms with E-state index in [1.807, 2.05) is 24.3 Å². The molecule has 0 aliphatic rings. The van der Waals surface area contributed by atoms with Crippen molar-refractivity contribution in [2.75, 3.05) is 7.11 Å². The Morgan fingerprint density at radius 2 is 2.00 bits per heavy atom. The molecule has 0 spiro atoms. The quantitative estimate of drug-likeness (QED) is 0.563. The van der Waals surface area contributed by atoms with Crippen LogP contribution >= 0.6 is 0 Å². The van der Waals surface area contributed by atoms with Crippen LogP contribution in [0.1, 0.15) is 0 Å². The fourth-order valence-corrected chi connectivity index (χ4v) is 2.47. The molecule has 1 aromatic carbocycles. The van der Waals surface area contributed by atoms with Crippen molar-refractivity contribution < 1.29 is 4.74 Å². The largest absolute Gasteiger partial charge is 0.495 e. The van der Waals surface area contributed by atoms with Gasteiger partial charge in [-0.25, -0.2) is 4.98 Å². The number of rotatable bonds is 1. The third-order valence-corrected chi connectivity index (χ3v) is 3.36. The summed E-state index contributed by atoms with van der Waals surface area (Å²) in [4.78, 5) is 12.3. The van der Waals surface area contributed by atoms with Crippen molar-refractivity contribution >= 4 is 33.0 Å². The fraction of sp³-hybridized carbons (Fsp3) is 0.0667. The Hall–Kier alpha value is -2.62. The number of aromatic amines is 1. The van der Waals surface area contributed by atoms with E-state index in [0.29, 0.717) is 0 Å². The second-order valence-corrected chi connectivity index (χ2v) is 4.43. The van der Waals surface area contributed by atoms with Crippen molar-refractivity contribution in [2.45, 2.75) is 0 Å². The van der Waals surface area contributed by atoms with Gasteiger partial charge in [0.2, 0.25) is 0 Å². The highest BCUT2D eigenvalue weighted by Crippen LogP contribution is 2.31. The summed E-state index contributed by atoms with van der Waals surface area (Å²) in [5.74, 6) is 0.826. The molecule has 3 heterocycles. The number of fused-ring (bicyclic) bond motifs is 4. The van der Waals surface area contributed by atoms with Gasteiger partial charge in [-0.15, -0.1) is 0 Å². The molecule has 0 aliphatic heterocycles. The summed E-state index contributed by atoms with van der Waals surface area (Å²) in [5, 5.41) is 2.18. The van der Waals surface area contributed by atoms with Crippen LogP contribution in [-0.4, -0.2) is 22.1 Å². The van der Waals surface area contributed by atoms with E-state index in [1.54, 1.807) is 13.3 Å². The summed E-state index contributed by atoms with van der Waals surface area (Å²) in [6, 6.07) is 11.9. The van der Waals surface area contributed by atoms with Gasteiger partial charge >= 0.3 is 0 Å². The smallest absolute Gasteiger partial charge is 0.142 e. The molecule has 0 radical (unpaired) electrons. The lowest BCUT2D eigenvalue weighted by Crippen LogP contribution is -1.83.